The van der Waals surface area contributed by atoms with Crippen LogP contribution < -0.4 is 0 Å². The van der Waals surface area contributed by atoms with Gasteiger partial charge >= 0.3 is 0 Å². The first-order chi connectivity index (χ1) is 8.11. The van der Waals surface area contributed by atoms with Crippen LogP contribution in [0.25, 0.3) is 0 Å². The summed E-state index contributed by atoms with van der Waals surface area (Å²) in [5.41, 5.74) is 0.964. The molecule has 1 aromatic heterocycles. The van der Waals surface area contributed by atoms with E-state index in [1.807, 2.05) is 13.8 Å². The molecule has 4 heteroatoms. The number of nitrogens with zero attached hydrogens (tertiary/aromatic N) is 2. The highest BCUT2D eigenvalue weighted by atomic mass is 16.4. The summed E-state index contributed by atoms with van der Waals surface area (Å²) in [4.78, 5) is 6.70. The van der Waals surface area contributed by atoms with Crippen LogP contribution in [0.1, 0.15) is 37.1 Å². The number of rotatable bonds is 3. The number of oxazole rings is 1. The molecule has 2 atom stereocenters. The van der Waals surface area contributed by atoms with Gasteiger partial charge in [-0.1, -0.05) is 6.92 Å². The van der Waals surface area contributed by atoms with Gasteiger partial charge in [-0.2, -0.15) is 0 Å². The van der Waals surface area contributed by atoms with E-state index in [2.05, 4.69) is 16.8 Å². The molecular weight excluding hydrogens is 216 g/mol. The summed E-state index contributed by atoms with van der Waals surface area (Å²) in [6.45, 7) is 8.07. The Morgan fingerprint density at radius 2 is 2.24 bits per heavy atom. The van der Waals surface area contributed by atoms with Gasteiger partial charge in [-0.3, -0.25) is 4.90 Å². The molecule has 1 aliphatic heterocycles. The molecule has 0 radical (unpaired) electrons. The van der Waals surface area contributed by atoms with Crippen LogP contribution in [0.2, 0.25) is 0 Å². The second kappa shape index (κ2) is 5.19. The molecule has 1 aromatic rings. The van der Waals surface area contributed by atoms with Crippen LogP contribution in [0.15, 0.2) is 4.42 Å². The fourth-order valence-corrected chi connectivity index (χ4v) is 2.61. The molecule has 1 N–H and O–H groups in total. The van der Waals surface area contributed by atoms with Crippen molar-refractivity contribution in [3.63, 3.8) is 0 Å². The molecule has 0 aromatic carbocycles. The third kappa shape index (κ3) is 2.69. The summed E-state index contributed by atoms with van der Waals surface area (Å²) in [6.07, 6.45) is 2.39. The van der Waals surface area contributed by atoms with E-state index in [0.717, 1.165) is 23.9 Å². The van der Waals surface area contributed by atoms with E-state index in [-0.39, 0.29) is 12.6 Å². The van der Waals surface area contributed by atoms with Gasteiger partial charge in [-0.15, -0.1) is 0 Å². The van der Waals surface area contributed by atoms with E-state index < -0.39 is 0 Å². The SMILES string of the molecule is Cc1nc(CN2CCCC(C)C2CO)oc1C. The van der Waals surface area contributed by atoms with Crippen LogP contribution >= 0.6 is 0 Å². The molecule has 17 heavy (non-hydrogen) atoms. The smallest absolute Gasteiger partial charge is 0.208 e. The van der Waals surface area contributed by atoms with Crippen molar-refractivity contribution in [2.45, 2.75) is 46.2 Å². The van der Waals surface area contributed by atoms with Crippen molar-refractivity contribution in [1.29, 1.82) is 0 Å². The number of likely N-dealkylation sites (tertiary alicyclic amines) is 1. The Morgan fingerprint density at radius 1 is 1.47 bits per heavy atom. The van der Waals surface area contributed by atoms with E-state index in [4.69, 9.17) is 4.42 Å². The number of aliphatic hydroxyl groups is 1. The van der Waals surface area contributed by atoms with Crippen LogP contribution in [-0.2, 0) is 6.54 Å². The highest BCUT2D eigenvalue weighted by molar-refractivity contribution is 5.05. The molecule has 4 nitrogen and oxygen atoms in total. The van der Waals surface area contributed by atoms with Gasteiger partial charge in [0.25, 0.3) is 0 Å². The second-order valence-electron chi connectivity index (χ2n) is 5.09. The minimum absolute atomic E-state index is 0.222. The first-order valence-electron chi connectivity index (χ1n) is 6.39. The average molecular weight is 238 g/mol. The third-order valence-electron chi connectivity index (χ3n) is 3.83. The lowest BCUT2D eigenvalue weighted by Crippen LogP contribution is -2.46. The normalized spacial score (nSPS) is 26.4. The molecular formula is C13H22N2O2. The summed E-state index contributed by atoms with van der Waals surface area (Å²) >= 11 is 0. The van der Waals surface area contributed by atoms with Crippen molar-refractivity contribution in [3.05, 3.63) is 17.3 Å². The molecule has 1 aliphatic rings. The lowest BCUT2D eigenvalue weighted by atomic mass is 9.91. The third-order valence-corrected chi connectivity index (χ3v) is 3.83. The Balaban J connectivity index is 2.06. The zero-order valence-corrected chi connectivity index (χ0v) is 10.9. The Kier molecular flexibility index (Phi) is 3.84. The van der Waals surface area contributed by atoms with Gasteiger partial charge in [0.05, 0.1) is 18.8 Å². The number of hydrogen-bond acceptors (Lipinski definition) is 4. The molecule has 0 spiro atoms. The molecule has 0 saturated carbocycles. The zero-order chi connectivity index (χ0) is 12.4. The van der Waals surface area contributed by atoms with E-state index >= 15 is 0 Å². The van der Waals surface area contributed by atoms with Crippen LogP contribution in [0.4, 0.5) is 0 Å². The number of aromatic nitrogens is 1. The molecule has 2 rings (SSSR count). The lowest BCUT2D eigenvalue weighted by molar-refractivity contribution is 0.0412. The highest BCUT2D eigenvalue weighted by Crippen LogP contribution is 2.24. The van der Waals surface area contributed by atoms with Gasteiger partial charge < -0.3 is 9.52 Å². The van der Waals surface area contributed by atoms with Gasteiger partial charge in [0, 0.05) is 6.04 Å². The van der Waals surface area contributed by atoms with E-state index in [1.165, 1.54) is 12.8 Å². The molecule has 0 aliphatic carbocycles. The quantitative estimate of drug-likeness (QED) is 0.873. The molecule has 0 bridgehead atoms. The van der Waals surface area contributed by atoms with E-state index in [0.29, 0.717) is 12.5 Å². The van der Waals surface area contributed by atoms with Gasteiger partial charge in [-0.05, 0) is 39.2 Å². The van der Waals surface area contributed by atoms with Crippen LogP contribution in [0.5, 0.6) is 0 Å². The predicted molar refractivity (Wildman–Crippen MR) is 65.7 cm³/mol. The van der Waals surface area contributed by atoms with Gasteiger partial charge in [-0.25, -0.2) is 4.98 Å². The van der Waals surface area contributed by atoms with Gasteiger partial charge in [0.2, 0.25) is 5.89 Å². The number of aliphatic hydroxyl groups excluding tert-OH is 1. The Bertz CT molecular complexity index is 356. The van der Waals surface area contributed by atoms with E-state index in [9.17, 15) is 5.11 Å². The predicted octanol–water partition coefficient (Wildman–Crippen LogP) is 1.88. The first kappa shape index (κ1) is 12.6. The van der Waals surface area contributed by atoms with Crippen molar-refractivity contribution in [3.8, 4) is 0 Å². The first-order valence-corrected chi connectivity index (χ1v) is 6.39. The molecule has 1 saturated heterocycles. The fraction of sp³-hybridized carbons (Fsp3) is 0.769. The largest absolute Gasteiger partial charge is 0.444 e. The van der Waals surface area contributed by atoms with Crippen molar-refractivity contribution in [2.75, 3.05) is 13.2 Å². The molecule has 2 heterocycles. The molecule has 2 unspecified atom stereocenters. The van der Waals surface area contributed by atoms with Crippen molar-refractivity contribution in [1.82, 2.24) is 9.88 Å². The highest BCUT2D eigenvalue weighted by Gasteiger charge is 2.28. The Morgan fingerprint density at radius 3 is 2.82 bits per heavy atom. The minimum atomic E-state index is 0.222. The average Bonchev–Trinajstić information content (AvgIpc) is 2.58. The summed E-state index contributed by atoms with van der Waals surface area (Å²) in [5, 5.41) is 9.48. The summed E-state index contributed by atoms with van der Waals surface area (Å²) in [6, 6.07) is 0.247. The van der Waals surface area contributed by atoms with Gasteiger partial charge in [0.15, 0.2) is 0 Å². The van der Waals surface area contributed by atoms with E-state index in [1.54, 1.807) is 0 Å². The van der Waals surface area contributed by atoms with Crippen LogP contribution in [0, 0.1) is 19.8 Å². The number of aryl methyl sites for hydroxylation is 2. The Hall–Kier alpha value is -0.870. The molecule has 0 amide bonds. The fourth-order valence-electron chi connectivity index (χ4n) is 2.61. The van der Waals surface area contributed by atoms with Crippen LogP contribution in [-0.4, -0.2) is 34.2 Å². The Labute approximate surface area is 103 Å². The number of hydrogen-bond donors (Lipinski definition) is 1. The van der Waals surface area contributed by atoms with Crippen molar-refractivity contribution >= 4 is 0 Å². The summed E-state index contributed by atoms with van der Waals surface area (Å²) in [7, 11) is 0. The lowest BCUT2D eigenvalue weighted by Gasteiger charge is -2.38. The molecule has 1 fully saturated rings. The topological polar surface area (TPSA) is 49.5 Å². The monoisotopic (exact) mass is 238 g/mol. The minimum Gasteiger partial charge on any atom is -0.444 e. The number of piperidine rings is 1. The molecule has 96 valence electrons. The maximum absolute atomic E-state index is 9.48. The summed E-state index contributed by atoms with van der Waals surface area (Å²) in [5.74, 6) is 2.21. The zero-order valence-electron chi connectivity index (χ0n) is 10.9. The second-order valence-corrected chi connectivity index (χ2v) is 5.09. The maximum atomic E-state index is 9.48. The van der Waals surface area contributed by atoms with Crippen LogP contribution in [0.3, 0.4) is 0 Å². The van der Waals surface area contributed by atoms with Gasteiger partial charge in [0.1, 0.15) is 5.76 Å². The van der Waals surface area contributed by atoms with Crippen molar-refractivity contribution < 1.29 is 9.52 Å². The standard InChI is InChI=1S/C13H22N2O2/c1-9-5-4-6-15(12(9)8-16)7-13-14-10(2)11(3)17-13/h9,12,16H,4-8H2,1-3H3. The van der Waals surface area contributed by atoms with Crippen molar-refractivity contribution in [2.24, 2.45) is 5.92 Å². The maximum Gasteiger partial charge on any atom is 0.208 e. The summed E-state index contributed by atoms with van der Waals surface area (Å²) < 4.78 is 5.61.